The van der Waals surface area contributed by atoms with Gasteiger partial charge in [0, 0.05) is 87.9 Å². The van der Waals surface area contributed by atoms with Crippen LogP contribution in [0.1, 0.15) is 202 Å². The van der Waals surface area contributed by atoms with Gasteiger partial charge in [-0.05, 0) is 125 Å². The largest absolute Gasteiger partial charge is 0.377 e. The standard InChI is InChI=1S/C76H122Cl2N12O13/c1-14-47(3)64-72(100)84(9)44-63(93)86(11)57-28-20-17-23-37-89(71(57)99)60-39-50-31-29-48(30-32-50)24-18-16-19-27-56(66(94)80-64)85(10)62(92)41-59(69(97)82(6)7)87(12)73(101)65(51-25-21-22-26-51)88(13)74(102)76(45-75(4,5)46-76)81-67(95)58-40-52(103-15-2)42-90(58)68(96)55(79-61(91)43-83(8)70(60)98)36-34-49-33-35-53(77)54(78)38-49/h17,20,47-60,64-65H,14-16,18-19,21-46H2,1-13H3,(H,79,91)(H,80,94)(H,81,95)/b20-17-/t47-,48?,49?,50?,52+,53?,54?,55-,56-,57-,58-,59-,60-,64-,65-/m0/s1. The van der Waals surface area contributed by atoms with E-state index >= 15 is 38.4 Å². The Balaban J connectivity index is 1.24. The Morgan fingerprint density at radius 2 is 1.25 bits per heavy atom. The minimum absolute atomic E-state index is 0.00278. The molecule has 4 aliphatic carbocycles. The first-order valence-electron chi connectivity index (χ1n) is 38.5. The van der Waals surface area contributed by atoms with Crippen molar-refractivity contribution in [2.45, 2.75) is 272 Å². The van der Waals surface area contributed by atoms with Crippen LogP contribution in [-0.2, 0) is 62.3 Å². The molecule has 0 aromatic heterocycles. The van der Waals surface area contributed by atoms with Gasteiger partial charge in [-0.15, -0.1) is 23.2 Å². The fraction of sp³-hybridized carbons (Fsp3) is 0.816. The highest BCUT2D eigenvalue weighted by atomic mass is 35.5. The normalized spacial score (nSPS) is 33.2. The third-order valence-corrected chi connectivity index (χ3v) is 25.5. The van der Waals surface area contributed by atoms with Crippen LogP contribution in [-0.4, -0.2) is 275 Å². The Morgan fingerprint density at radius 3 is 1.89 bits per heavy atom. The van der Waals surface area contributed by atoms with Crippen molar-refractivity contribution in [3.63, 3.8) is 0 Å². The number of halogens is 2. The van der Waals surface area contributed by atoms with Crippen LogP contribution in [0.25, 0.3) is 0 Å². The molecule has 6 bridgehead atoms. The summed E-state index contributed by atoms with van der Waals surface area (Å²) in [7, 11) is 12.0. The Bertz CT molecular complexity index is 3080. The molecule has 3 N–H and O–H groups in total. The highest BCUT2D eigenvalue weighted by Gasteiger charge is 2.59. The monoisotopic (exact) mass is 1480 g/mol. The van der Waals surface area contributed by atoms with Crippen molar-refractivity contribution in [2.75, 3.05) is 89.2 Å². The molecule has 0 aromatic carbocycles. The molecule has 6 aliphatic heterocycles. The summed E-state index contributed by atoms with van der Waals surface area (Å²) in [6, 6.07) is -9.47. The summed E-state index contributed by atoms with van der Waals surface area (Å²) in [5.74, 6) is -7.36. The predicted molar refractivity (Wildman–Crippen MR) is 392 cm³/mol. The molecule has 3 unspecified atom stereocenters. The van der Waals surface area contributed by atoms with Crippen molar-refractivity contribution in [2.24, 2.45) is 35.0 Å². The van der Waals surface area contributed by atoms with E-state index in [-0.39, 0.29) is 93.2 Å². The molecule has 578 valence electrons. The van der Waals surface area contributed by atoms with Crippen molar-refractivity contribution >= 4 is 94.1 Å². The van der Waals surface area contributed by atoms with E-state index in [0.717, 1.165) is 57.8 Å². The number of rotatable bonds is 9. The lowest BCUT2D eigenvalue weighted by molar-refractivity contribution is -0.161. The smallest absolute Gasteiger partial charge is 0.248 e. The van der Waals surface area contributed by atoms with Crippen molar-refractivity contribution in [1.82, 2.24) is 60.0 Å². The molecular formula is C76H122Cl2N12O13. The molecule has 13 atom stereocenters. The maximum absolute atomic E-state index is 15.8. The van der Waals surface area contributed by atoms with Crippen LogP contribution < -0.4 is 16.0 Å². The quantitative estimate of drug-likeness (QED) is 0.134. The summed E-state index contributed by atoms with van der Waals surface area (Å²) in [4.78, 5) is 196. The number of likely N-dealkylation sites (N-methyl/N-ethyl adjacent to an activating group) is 7. The SMILES string of the molecule is CCO[C@@H]1C[C@H]2C(=O)NC3(CC(C)(C)C3)C(=O)N(C)[C@@H](C3CCCC3)C(=O)N(C)[C@H](C(=O)N(C)C)CC(=O)N(C)[C@H]3CCCCCC4CCC(CC4)C[C@@H](C(=O)N(C)CC(=O)N[C@@H](CCC4CCC(Cl)C(Cl)C4)C(=O)N2C1)N1CC/C=C\C[C@@H](C1=O)N(C)C(=O)CN(C)C(=O)[C@H]([C@@H](C)CC)NC3=O. The lowest BCUT2D eigenvalue weighted by Crippen LogP contribution is -2.71. The molecule has 12 amide bonds. The topological polar surface area (TPSA) is 279 Å². The first kappa shape index (κ1) is 82.6. The number of amides is 12. The fourth-order valence-electron chi connectivity index (χ4n) is 18.1. The maximum atomic E-state index is 15.8. The second-order valence-corrected chi connectivity index (χ2v) is 33.9. The second-order valence-electron chi connectivity index (χ2n) is 32.7. The summed E-state index contributed by atoms with van der Waals surface area (Å²) >= 11 is 13.4. The van der Waals surface area contributed by atoms with E-state index in [4.69, 9.17) is 27.9 Å². The molecule has 10 aliphatic rings. The van der Waals surface area contributed by atoms with E-state index in [1.165, 1.54) is 88.5 Å². The number of carbonyl (C=O) groups excluding carboxylic acids is 12. The van der Waals surface area contributed by atoms with E-state index in [1.807, 2.05) is 46.8 Å². The summed E-state index contributed by atoms with van der Waals surface area (Å²) in [6.45, 7) is 8.83. The van der Waals surface area contributed by atoms with E-state index in [2.05, 4.69) is 16.0 Å². The highest BCUT2D eigenvalue weighted by molar-refractivity contribution is 6.30. The average molecular weight is 1480 g/mol. The van der Waals surface area contributed by atoms with Gasteiger partial charge < -0.3 is 64.8 Å². The number of nitrogens with zero attached hydrogens (tertiary/aromatic N) is 9. The Labute approximate surface area is 622 Å². The molecule has 9 fully saturated rings. The van der Waals surface area contributed by atoms with Gasteiger partial charge in [-0.25, -0.2) is 0 Å². The van der Waals surface area contributed by atoms with Gasteiger partial charge >= 0.3 is 0 Å². The first-order chi connectivity index (χ1) is 48.7. The van der Waals surface area contributed by atoms with E-state index in [0.29, 0.717) is 63.7 Å². The molecule has 1 spiro atoms. The lowest BCUT2D eigenvalue weighted by Gasteiger charge is -2.54. The van der Waals surface area contributed by atoms with Gasteiger partial charge in [0.25, 0.3) is 0 Å². The van der Waals surface area contributed by atoms with Gasteiger partial charge in [0.2, 0.25) is 70.9 Å². The predicted octanol–water partition coefficient (Wildman–Crippen LogP) is 6.09. The van der Waals surface area contributed by atoms with Crippen LogP contribution in [0.2, 0.25) is 0 Å². The van der Waals surface area contributed by atoms with E-state index < -0.39 is 162 Å². The van der Waals surface area contributed by atoms with Crippen molar-refractivity contribution in [1.29, 1.82) is 0 Å². The molecular weight excluding hydrogens is 1360 g/mol. The minimum Gasteiger partial charge on any atom is -0.377 e. The Hall–Kier alpha value is -6.08. The second kappa shape index (κ2) is 36.5. The molecule has 25 nitrogen and oxygen atoms in total. The van der Waals surface area contributed by atoms with Gasteiger partial charge in [0.05, 0.1) is 31.0 Å². The zero-order chi connectivity index (χ0) is 75.5. The third-order valence-electron chi connectivity index (χ3n) is 24.3. The number of alkyl halides is 2. The van der Waals surface area contributed by atoms with Crippen molar-refractivity contribution in [3.05, 3.63) is 12.2 Å². The molecule has 5 saturated heterocycles. The Kier molecular flexibility index (Phi) is 29.2. The summed E-state index contributed by atoms with van der Waals surface area (Å²) in [6.07, 6.45) is 15.8. The summed E-state index contributed by atoms with van der Waals surface area (Å²) < 4.78 is 6.18. The summed E-state index contributed by atoms with van der Waals surface area (Å²) in [5, 5.41) is 8.64. The van der Waals surface area contributed by atoms with Crippen molar-refractivity contribution < 1.29 is 62.3 Å². The molecule has 10 rings (SSSR count). The molecule has 6 heterocycles. The van der Waals surface area contributed by atoms with Gasteiger partial charge in [-0.2, -0.15) is 0 Å². The zero-order valence-corrected chi connectivity index (χ0v) is 65.4. The number of carbonyl (C=O) groups is 12. The molecule has 0 aromatic rings. The molecule has 103 heavy (non-hydrogen) atoms. The van der Waals surface area contributed by atoms with Crippen LogP contribution >= 0.6 is 23.2 Å². The number of hydrogen-bond donors (Lipinski definition) is 3. The van der Waals surface area contributed by atoms with Crippen LogP contribution in [0, 0.1) is 35.0 Å². The number of fused-ring (bicyclic) bond motifs is 22. The molecule has 4 saturated carbocycles. The lowest BCUT2D eigenvalue weighted by atomic mass is 9.58. The summed E-state index contributed by atoms with van der Waals surface area (Å²) in [5.41, 5.74) is -2.03. The van der Waals surface area contributed by atoms with Crippen LogP contribution in [0.5, 0.6) is 0 Å². The Morgan fingerprint density at radius 1 is 0.612 bits per heavy atom. The van der Waals surface area contributed by atoms with Gasteiger partial charge in [-0.1, -0.05) is 110 Å². The van der Waals surface area contributed by atoms with E-state index in [9.17, 15) is 19.2 Å². The zero-order valence-electron chi connectivity index (χ0n) is 63.9. The highest BCUT2D eigenvalue weighted by Crippen LogP contribution is 2.50. The van der Waals surface area contributed by atoms with Crippen LogP contribution in [0.4, 0.5) is 0 Å². The number of ether oxygens (including phenoxy) is 1. The van der Waals surface area contributed by atoms with Gasteiger partial charge in [0.15, 0.2) is 0 Å². The average Bonchev–Trinajstić information content (AvgIpc) is 1.32. The van der Waals surface area contributed by atoms with Crippen molar-refractivity contribution in [3.8, 4) is 0 Å². The number of hydrogen-bond acceptors (Lipinski definition) is 13. The van der Waals surface area contributed by atoms with Gasteiger partial charge in [0.1, 0.15) is 53.9 Å². The molecule has 27 heteroatoms. The fourth-order valence-corrected chi connectivity index (χ4v) is 18.7. The first-order valence-corrected chi connectivity index (χ1v) is 39.4. The van der Waals surface area contributed by atoms with E-state index in [1.54, 1.807) is 11.9 Å². The minimum atomic E-state index is -1.57. The van der Waals surface area contributed by atoms with Crippen LogP contribution in [0.15, 0.2) is 12.2 Å². The maximum Gasteiger partial charge on any atom is 0.248 e. The third kappa shape index (κ3) is 20.1. The molecule has 0 radical (unpaired) electrons. The van der Waals surface area contributed by atoms with Gasteiger partial charge in [-0.3, -0.25) is 57.5 Å². The number of nitrogens with one attached hydrogen (secondary N) is 3. The van der Waals surface area contributed by atoms with Crippen LogP contribution in [0.3, 0.4) is 0 Å².